The van der Waals surface area contributed by atoms with E-state index in [0.29, 0.717) is 6.61 Å². The molecule has 0 atom stereocenters. The largest absolute Gasteiger partial charge is 0.502 e. The third-order valence-corrected chi connectivity index (χ3v) is 4.72. The molecule has 4 heteroatoms. The summed E-state index contributed by atoms with van der Waals surface area (Å²) in [5, 5.41) is 0. The molecule has 0 amide bonds. The molecule has 0 aromatic carbocycles. The molecule has 0 spiro atoms. The van der Waals surface area contributed by atoms with E-state index < -0.39 is 8.32 Å². The molecule has 0 saturated carbocycles. The molecule has 0 fully saturated rings. The summed E-state index contributed by atoms with van der Waals surface area (Å²) >= 11 is 0. The Kier molecular flexibility index (Phi) is 9.04. The third kappa shape index (κ3) is 9.80. The van der Waals surface area contributed by atoms with Crippen molar-refractivity contribution in [3.05, 3.63) is 25.7 Å². The van der Waals surface area contributed by atoms with Gasteiger partial charge in [-0.15, -0.1) is 0 Å². The van der Waals surface area contributed by atoms with E-state index in [1.54, 1.807) is 0 Å². The molecule has 0 aliphatic heterocycles. The smallest absolute Gasteiger partial charge is 0.186 e. The fraction of sp³-hybridized carbons (Fsp3) is 0.667. The van der Waals surface area contributed by atoms with E-state index in [4.69, 9.17) is 13.9 Å². The first kappa shape index (κ1) is 15.3. The zero-order valence-electron chi connectivity index (χ0n) is 10.5. The van der Waals surface area contributed by atoms with Gasteiger partial charge in [0.15, 0.2) is 8.32 Å². The van der Waals surface area contributed by atoms with Crippen molar-refractivity contribution in [2.45, 2.75) is 32.0 Å². The number of hydrogen-bond donors (Lipinski definition) is 0. The standard InChI is InChI=1S/C12H24O3Si/c1-5-13-9-7-11-15-16(3,4)12-8-10-14-6-2/h5-6H,1-2,7-12H2,3-4H3. The van der Waals surface area contributed by atoms with Gasteiger partial charge in [0.25, 0.3) is 0 Å². The first-order valence-electron chi connectivity index (χ1n) is 5.71. The lowest BCUT2D eigenvalue weighted by molar-refractivity contribution is 0.204. The average Bonchev–Trinajstić information content (AvgIpc) is 2.24. The van der Waals surface area contributed by atoms with Gasteiger partial charge in [-0.2, -0.15) is 0 Å². The van der Waals surface area contributed by atoms with Gasteiger partial charge in [-0.05, 0) is 25.6 Å². The molecule has 0 saturated heterocycles. The minimum atomic E-state index is -1.51. The van der Waals surface area contributed by atoms with Crippen LogP contribution in [0.15, 0.2) is 25.7 Å². The molecule has 94 valence electrons. The van der Waals surface area contributed by atoms with Gasteiger partial charge in [0, 0.05) is 13.0 Å². The second-order valence-corrected chi connectivity index (χ2v) is 8.45. The zero-order valence-corrected chi connectivity index (χ0v) is 11.5. The Morgan fingerprint density at radius 1 is 0.938 bits per heavy atom. The monoisotopic (exact) mass is 244 g/mol. The zero-order chi connectivity index (χ0) is 12.3. The van der Waals surface area contributed by atoms with E-state index in [2.05, 4.69) is 26.3 Å². The molecule has 0 N–H and O–H groups in total. The van der Waals surface area contributed by atoms with Crippen molar-refractivity contribution in [2.75, 3.05) is 19.8 Å². The van der Waals surface area contributed by atoms with E-state index in [1.165, 1.54) is 12.5 Å². The highest BCUT2D eigenvalue weighted by atomic mass is 28.4. The molecule has 0 radical (unpaired) electrons. The molecule has 0 aromatic heterocycles. The fourth-order valence-electron chi connectivity index (χ4n) is 1.31. The number of rotatable bonds is 11. The van der Waals surface area contributed by atoms with Crippen LogP contribution in [0.1, 0.15) is 12.8 Å². The van der Waals surface area contributed by atoms with Crippen LogP contribution in [0.3, 0.4) is 0 Å². The molecule has 0 heterocycles. The Hall–Kier alpha value is -0.743. The summed E-state index contributed by atoms with van der Waals surface area (Å²) in [6.45, 7) is 13.7. The van der Waals surface area contributed by atoms with Crippen LogP contribution in [0, 0.1) is 0 Å². The first-order chi connectivity index (χ1) is 7.62. The molecule has 16 heavy (non-hydrogen) atoms. The summed E-state index contributed by atoms with van der Waals surface area (Å²) in [7, 11) is -1.51. The van der Waals surface area contributed by atoms with Crippen LogP contribution in [0.25, 0.3) is 0 Å². The highest BCUT2D eigenvalue weighted by Gasteiger charge is 2.21. The Labute approximate surface area is 100 Å². The number of ether oxygens (including phenoxy) is 2. The van der Waals surface area contributed by atoms with E-state index in [0.717, 1.165) is 32.1 Å². The van der Waals surface area contributed by atoms with Crippen LogP contribution in [0.4, 0.5) is 0 Å². The summed E-state index contributed by atoms with van der Waals surface area (Å²) in [6, 6.07) is 1.11. The summed E-state index contributed by atoms with van der Waals surface area (Å²) in [5.74, 6) is 0. The Morgan fingerprint density at radius 2 is 1.50 bits per heavy atom. The molecular formula is C12H24O3Si. The summed E-state index contributed by atoms with van der Waals surface area (Å²) in [4.78, 5) is 0. The predicted molar refractivity (Wildman–Crippen MR) is 69.8 cm³/mol. The summed E-state index contributed by atoms with van der Waals surface area (Å²) in [5.41, 5.74) is 0. The molecule has 0 unspecified atom stereocenters. The van der Waals surface area contributed by atoms with Gasteiger partial charge in [-0.1, -0.05) is 13.2 Å². The van der Waals surface area contributed by atoms with Crippen molar-refractivity contribution < 1.29 is 13.9 Å². The predicted octanol–water partition coefficient (Wildman–Crippen LogP) is 3.31. The van der Waals surface area contributed by atoms with Crippen molar-refractivity contribution in [1.29, 1.82) is 0 Å². The molecular weight excluding hydrogens is 220 g/mol. The molecule has 0 rings (SSSR count). The van der Waals surface area contributed by atoms with Gasteiger partial charge in [-0.25, -0.2) is 0 Å². The third-order valence-electron chi connectivity index (χ3n) is 2.18. The SMILES string of the molecule is C=COCCCO[Si](C)(C)CCCOC=C. The van der Waals surface area contributed by atoms with Crippen LogP contribution in [0.5, 0.6) is 0 Å². The van der Waals surface area contributed by atoms with Crippen molar-refractivity contribution >= 4 is 8.32 Å². The topological polar surface area (TPSA) is 27.7 Å². The van der Waals surface area contributed by atoms with Gasteiger partial charge in [-0.3, -0.25) is 0 Å². The van der Waals surface area contributed by atoms with Crippen LogP contribution in [0.2, 0.25) is 19.1 Å². The lowest BCUT2D eigenvalue weighted by Crippen LogP contribution is -2.31. The van der Waals surface area contributed by atoms with E-state index in [9.17, 15) is 0 Å². The maximum atomic E-state index is 5.90. The highest BCUT2D eigenvalue weighted by molar-refractivity contribution is 6.71. The maximum absolute atomic E-state index is 5.90. The van der Waals surface area contributed by atoms with Crippen LogP contribution < -0.4 is 0 Å². The van der Waals surface area contributed by atoms with Crippen molar-refractivity contribution in [3.8, 4) is 0 Å². The van der Waals surface area contributed by atoms with Crippen LogP contribution in [-0.4, -0.2) is 28.1 Å². The number of hydrogen-bond acceptors (Lipinski definition) is 3. The lowest BCUT2D eigenvalue weighted by Gasteiger charge is -2.22. The van der Waals surface area contributed by atoms with Gasteiger partial charge in [0.1, 0.15) is 0 Å². The van der Waals surface area contributed by atoms with E-state index >= 15 is 0 Å². The van der Waals surface area contributed by atoms with Gasteiger partial charge in [0.2, 0.25) is 0 Å². The van der Waals surface area contributed by atoms with Crippen molar-refractivity contribution in [3.63, 3.8) is 0 Å². The van der Waals surface area contributed by atoms with Gasteiger partial charge < -0.3 is 13.9 Å². The first-order valence-corrected chi connectivity index (χ1v) is 8.83. The minimum absolute atomic E-state index is 0.688. The normalized spacial score (nSPS) is 10.9. The van der Waals surface area contributed by atoms with Gasteiger partial charge in [0.05, 0.1) is 25.7 Å². The molecule has 0 bridgehead atoms. The van der Waals surface area contributed by atoms with Crippen LogP contribution >= 0.6 is 0 Å². The molecule has 0 aromatic rings. The minimum Gasteiger partial charge on any atom is -0.502 e. The second kappa shape index (κ2) is 9.48. The van der Waals surface area contributed by atoms with Gasteiger partial charge >= 0.3 is 0 Å². The Morgan fingerprint density at radius 3 is 2.06 bits per heavy atom. The lowest BCUT2D eigenvalue weighted by atomic mass is 10.5. The molecule has 0 aliphatic carbocycles. The van der Waals surface area contributed by atoms with E-state index in [1.807, 2.05) is 0 Å². The average molecular weight is 244 g/mol. The van der Waals surface area contributed by atoms with E-state index in [-0.39, 0.29) is 0 Å². The summed E-state index contributed by atoms with van der Waals surface area (Å²) < 4.78 is 16.0. The Balaban J connectivity index is 3.45. The highest BCUT2D eigenvalue weighted by Crippen LogP contribution is 2.14. The second-order valence-electron chi connectivity index (χ2n) is 4.14. The van der Waals surface area contributed by atoms with Crippen LogP contribution in [-0.2, 0) is 13.9 Å². The summed E-state index contributed by atoms with van der Waals surface area (Å²) in [6.07, 6.45) is 4.91. The molecule has 0 aliphatic rings. The van der Waals surface area contributed by atoms with Crippen molar-refractivity contribution in [2.24, 2.45) is 0 Å². The fourth-order valence-corrected chi connectivity index (χ4v) is 3.15. The maximum Gasteiger partial charge on any atom is 0.186 e. The quantitative estimate of drug-likeness (QED) is 0.317. The Bertz CT molecular complexity index is 193. The molecule has 3 nitrogen and oxygen atoms in total. The van der Waals surface area contributed by atoms with Crippen molar-refractivity contribution in [1.82, 2.24) is 0 Å².